The fraction of sp³-hybridized carbons (Fsp3) is 0.333. The summed E-state index contributed by atoms with van der Waals surface area (Å²) in [6.07, 6.45) is 1.85. The number of hydrogen-bond donors (Lipinski definition) is 1. The highest BCUT2D eigenvalue weighted by Gasteiger charge is 2.26. The molecule has 0 spiro atoms. The molecule has 30 heavy (non-hydrogen) atoms. The predicted octanol–water partition coefficient (Wildman–Crippen LogP) is 4.81. The van der Waals surface area contributed by atoms with E-state index in [1.807, 2.05) is 33.1 Å². The number of nitrogens with one attached hydrogen (secondary N) is 1. The lowest BCUT2D eigenvalue weighted by Crippen LogP contribution is -2.26. The number of thiazole rings is 1. The van der Waals surface area contributed by atoms with Crippen molar-refractivity contribution in [3.8, 4) is 0 Å². The van der Waals surface area contributed by atoms with Gasteiger partial charge in [-0.2, -0.15) is 0 Å². The Kier molecular flexibility index (Phi) is 6.33. The molecule has 0 saturated heterocycles. The lowest BCUT2D eigenvalue weighted by Gasteiger charge is -2.25. The third-order valence-corrected chi connectivity index (χ3v) is 5.19. The van der Waals surface area contributed by atoms with E-state index >= 15 is 0 Å². The Hall–Kier alpha value is -3.04. The maximum atomic E-state index is 12.8. The molecule has 0 atom stereocenters. The Balaban J connectivity index is 1.70. The normalized spacial score (nSPS) is 11.6. The van der Waals surface area contributed by atoms with Gasteiger partial charge in [0.15, 0.2) is 5.13 Å². The minimum absolute atomic E-state index is 0.0353. The van der Waals surface area contributed by atoms with Crippen molar-refractivity contribution < 1.29 is 14.5 Å². The van der Waals surface area contributed by atoms with Gasteiger partial charge >= 0.3 is 0 Å². The Morgan fingerprint density at radius 3 is 2.63 bits per heavy atom. The largest absolute Gasteiger partial charge is 0.367 e. The molecule has 3 aromatic rings. The SMILES string of the molecule is CC(C)OC(C)(C)c1csc(NC(=O)c2cccn2Cc2ccc([N+](=O)[O-])cc2)n1. The Morgan fingerprint density at radius 2 is 2.00 bits per heavy atom. The van der Waals surface area contributed by atoms with Crippen LogP contribution in [-0.4, -0.2) is 26.5 Å². The molecule has 2 aromatic heterocycles. The first-order chi connectivity index (χ1) is 14.2. The third kappa shape index (κ3) is 5.11. The molecule has 0 unspecified atom stereocenters. The number of non-ortho nitro benzene ring substituents is 1. The van der Waals surface area contributed by atoms with E-state index in [0.29, 0.717) is 17.4 Å². The van der Waals surface area contributed by atoms with E-state index in [1.165, 1.54) is 23.5 Å². The quantitative estimate of drug-likeness (QED) is 0.410. The molecule has 8 nitrogen and oxygen atoms in total. The summed E-state index contributed by atoms with van der Waals surface area (Å²) < 4.78 is 7.70. The Morgan fingerprint density at radius 1 is 1.30 bits per heavy atom. The van der Waals surface area contributed by atoms with Crippen molar-refractivity contribution in [2.24, 2.45) is 0 Å². The van der Waals surface area contributed by atoms with Gasteiger partial charge in [-0.05, 0) is 45.4 Å². The van der Waals surface area contributed by atoms with Gasteiger partial charge in [0.25, 0.3) is 11.6 Å². The number of nitro benzene ring substituents is 1. The molecule has 0 aliphatic rings. The van der Waals surface area contributed by atoms with Crippen molar-refractivity contribution in [1.82, 2.24) is 9.55 Å². The highest BCUT2D eigenvalue weighted by molar-refractivity contribution is 7.14. The minimum Gasteiger partial charge on any atom is -0.367 e. The van der Waals surface area contributed by atoms with Gasteiger partial charge in [0.05, 0.1) is 16.7 Å². The highest BCUT2D eigenvalue weighted by Crippen LogP contribution is 2.29. The van der Waals surface area contributed by atoms with E-state index < -0.39 is 10.5 Å². The fourth-order valence-corrected chi connectivity index (χ4v) is 3.96. The number of anilines is 1. The summed E-state index contributed by atoms with van der Waals surface area (Å²) in [5, 5.41) is 16.0. The van der Waals surface area contributed by atoms with Crippen LogP contribution in [0.25, 0.3) is 0 Å². The van der Waals surface area contributed by atoms with Crippen LogP contribution in [0.3, 0.4) is 0 Å². The predicted molar refractivity (Wildman–Crippen MR) is 116 cm³/mol. The molecule has 1 N–H and O–H groups in total. The molecular formula is C21H24N4O4S. The average Bonchev–Trinajstić information content (AvgIpc) is 3.31. The van der Waals surface area contributed by atoms with Crippen LogP contribution in [0.5, 0.6) is 0 Å². The van der Waals surface area contributed by atoms with Crippen LogP contribution >= 0.6 is 11.3 Å². The van der Waals surface area contributed by atoms with Crippen LogP contribution in [0.1, 0.15) is 49.4 Å². The first-order valence-corrected chi connectivity index (χ1v) is 10.4. The third-order valence-electron chi connectivity index (χ3n) is 4.43. The maximum absolute atomic E-state index is 12.8. The van der Waals surface area contributed by atoms with Gasteiger partial charge in [0.2, 0.25) is 0 Å². The van der Waals surface area contributed by atoms with E-state index in [1.54, 1.807) is 35.0 Å². The summed E-state index contributed by atoms with van der Waals surface area (Å²) in [5.41, 5.74) is 1.58. The average molecular weight is 429 g/mol. The topological polar surface area (TPSA) is 99.3 Å². The highest BCUT2D eigenvalue weighted by atomic mass is 32.1. The van der Waals surface area contributed by atoms with Crippen molar-refractivity contribution in [3.63, 3.8) is 0 Å². The molecule has 1 aromatic carbocycles. The summed E-state index contributed by atoms with van der Waals surface area (Å²) in [4.78, 5) is 27.7. The van der Waals surface area contributed by atoms with E-state index in [4.69, 9.17) is 4.74 Å². The molecule has 1 amide bonds. The summed E-state index contributed by atoms with van der Waals surface area (Å²) in [7, 11) is 0. The van der Waals surface area contributed by atoms with Gasteiger partial charge in [-0.1, -0.05) is 12.1 Å². The van der Waals surface area contributed by atoms with Crippen LogP contribution in [0.4, 0.5) is 10.8 Å². The molecule has 2 heterocycles. The summed E-state index contributed by atoms with van der Waals surface area (Å²) >= 11 is 1.35. The van der Waals surface area contributed by atoms with Gasteiger partial charge in [-0.15, -0.1) is 11.3 Å². The van der Waals surface area contributed by atoms with Crippen molar-refractivity contribution in [2.45, 2.75) is 45.9 Å². The molecule has 0 radical (unpaired) electrons. The molecule has 0 fully saturated rings. The number of benzene rings is 1. The summed E-state index contributed by atoms with van der Waals surface area (Å²) in [5.74, 6) is -0.273. The molecule has 9 heteroatoms. The van der Waals surface area contributed by atoms with Crippen LogP contribution < -0.4 is 5.32 Å². The number of hydrogen-bond acceptors (Lipinski definition) is 6. The lowest BCUT2D eigenvalue weighted by molar-refractivity contribution is -0.384. The number of rotatable bonds is 8. The van der Waals surface area contributed by atoms with E-state index in [0.717, 1.165) is 11.3 Å². The van der Waals surface area contributed by atoms with E-state index in [-0.39, 0.29) is 17.7 Å². The molecular weight excluding hydrogens is 404 g/mol. The molecule has 0 saturated carbocycles. The van der Waals surface area contributed by atoms with Gasteiger partial charge in [-0.25, -0.2) is 4.98 Å². The molecule has 0 bridgehead atoms. The number of carbonyl (C=O) groups is 1. The van der Waals surface area contributed by atoms with Crippen LogP contribution in [-0.2, 0) is 16.9 Å². The molecule has 0 aliphatic carbocycles. The summed E-state index contributed by atoms with van der Waals surface area (Å²) in [6.45, 7) is 8.25. The number of nitrogens with zero attached hydrogens (tertiary/aromatic N) is 3. The molecule has 0 aliphatic heterocycles. The van der Waals surface area contributed by atoms with E-state index in [9.17, 15) is 14.9 Å². The second-order valence-corrected chi connectivity index (χ2v) is 8.47. The number of ether oxygens (including phenoxy) is 1. The lowest BCUT2D eigenvalue weighted by atomic mass is 10.1. The zero-order valence-electron chi connectivity index (χ0n) is 17.3. The second-order valence-electron chi connectivity index (χ2n) is 7.61. The Bertz CT molecular complexity index is 1040. The van der Waals surface area contributed by atoms with Gasteiger partial charge in [0.1, 0.15) is 11.3 Å². The van der Waals surface area contributed by atoms with Gasteiger partial charge in [-0.3, -0.25) is 20.2 Å². The first-order valence-electron chi connectivity index (χ1n) is 9.49. The van der Waals surface area contributed by atoms with Crippen LogP contribution in [0.2, 0.25) is 0 Å². The monoisotopic (exact) mass is 428 g/mol. The second kappa shape index (κ2) is 8.76. The zero-order valence-corrected chi connectivity index (χ0v) is 18.1. The van der Waals surface area contributed by atoms with Gasteiger partial charge < -0.3 is 9.30 Å². The van der Waals surface area contributed by atoms with Crippen molar-refractivity contribution in [2.75, 3.05) is 5.32 Å². The van der Waals surface area contributed by atoms with Crippen molar-refractivity contribution in [1.29, 1.82) is 0 Å². The number of nitro groups is 1. The number of amides is 1. The zero-order chi connectivity index (χ0) is 21.9. The minimum atomic E-state index is -0.552. The van der Waals surface area contributed by atoms with Crippen LogP contribution in [0, 0.1) is 10.1 Å². The molecule has 158 valence electrons. The Labute approximate surface area is 178 Å². The maximum Gasteiger partial charge on any atom is 0.274 e. The fourth-order valence-electron chi connectivity index (χ4n) is 3.10. The van der Waals surface area contributed by atoms with Crippen molar-refractivity contribution >= 4 is 28.1 Å². The smallest absolute Gasteiger partial charge is 0.274 e. The number of carbonyl (C=O) groups excluding carboxylic acids is 1. The standard InChI is InChI=1S/C21H24N4O4S/c1-14(2)29-21(3,4)18-13-30-20(22-18)23-19(26)17-6-5-11-24(17)12-15-7-9-16(10-8-15)25(27)28/h5-11,13-14H,12H2,1-4H3,(H,22,23,26). The number of aromatic nitrogens is 2. The van der Waals surface area contributed by atoms with Crippen molar-refractivity contribution in [3.05, 3.63) is 75.0 Å². The van der Waals surface area contributed by atoms with Crippen LogP contribution in [0.15, 0.2) is 48.0 Å². The first kappa shape index (κ1) is 21.7. The van der Waals surface area contributed by atoms with Gasteiger partial charge in [0, 0.05) is 30.3 Å². The summed E-state index contributed by atoms with van der Waals surface area (Å²) in [6, 6.07) is 9.79. The molecule has 3 rings (SSSR count). The van der Waals surface area contributed by atoms with E-state index in [2.05, 4.69) is 10.3 Å².